The lowest BCUT2D eigenvalue weighted by Crippen LogP contribution is -2.02. The lowest BCUT2D eigenvalue weighted by Gasteiger charge is -2.08. The first-order chi connectivity index (χ1) is 11.2. The number of hydrogen-bond donors (Lipinski definition) is 1. The third-order valence-electron chi connectivity index (χ3n) is 3.39. The first-order valence-electron chi connectivity index (χ1n) is 7.31. The molecule has 0 aliphatic rings. The van der Waals surface area contributed by atoms with Gasteiger partial charge in [-0.3, -0.25) is 0 Å². The Morgan fingerprint density at radius 1 is 1.13 bits per heavy atom. The van der Waals surface area contributed by atoms with E-state index in [0.29, 0.717) is 6.61 Å². The van der Waals surface area contributed by atoms with Crippen LogP contribution in [0.3, 0.4) is 0 Å². The van der Waals surface area contributed by atoms with Gasteiger partial charge in [0.05, 0.1) is 18.0 Å². The van der Waals surface area contributed by atoms with Crippen LogP contribution >= 0.6 is 0 Å². The highest BCUT2D eigenvalue weighted by Gasteiger charge is 2.15. The van der Waals surface area contributed by atoms with Gasteiger partial charge in [0.2, 0.25) is 0 Å². The van der Waals surface area contributed by atoms with Gasteiger partial charge in [0, 0.05) is 5.56 Å². The van der Waals surface area contributed by atoms with Gasteiger partial charge < -0.3 is 9.84 Å². The standard InChI is InChI=1S/C18H16N2O3/c1-2-23-15-10-8-13(9-11-15)17-12-16(18(21)22)19-20(17)14-6-4-3-5-7-14/h3-12H,2H2,1H3,(H,21,22). The van der Waals surface area contributed by atoms with E-state index in [9.17, 15) is 9.90 Å². The molecule has 1 aromatic heterocycles. The largest absolute Gasteiger partial charge is 0.494 e. The number of benzene rings is 2. The molecule has 0 spiro atoms. The molecular weight excluding hydrogens is 292 g/mol. The Labute approximate surface area is 133 Å². The van der Waals surface area contributed by atoms with Crippen molar-refractivity contribution >= 4 is 5.97 Å². The van der Waals surface area contributed by atoms with Crippen molar-refractivity contribution in [3.05, 3.63) is 66.4 Å². The molecule has 0 saturated carbocycles. The number of aromatic nitrogens is 2. The number of para-hydroxylation sites is 1. The maximum Gasteiger partial charge on any atom is 0.356 e. The average Bonchev–Trinajstić information content (AvgIpc) is 3.02. The van der Waals surface area contributed by atoms with E-state index in [1.165, 1.54) is 0 Å². The van der Waals surface area contributed by atoms with Crippen LogP contribution in [0.1, 0.15) is 17.4 Å². The number of hydrogen-bond acceptors (Lipinski definition) is 3. The molecule has 3 aromatic rings. The Balaban J connectivity index is 2.08. The molecule has 0 fully saturated rings. The van der Waals surface area contributed by atoms with E-state index in [1.807, 2.05) is 61.5 Å². The molecule has 5 heteroatoms. The van der Waals surface area contributed by atoms with Crippen LogP contribution in [0.2, 0.25) is 0 Å². The van der Waals surface area contributed by atoms with Crippen molar-refractivity contribution in [2.75, 3.05) is 6.61 Å². The zero-order valence-electron chi connectivity index (χ0n) is 12.6. The van der Waals surface area contributed by atoms with Crippen molar-refractivity contribution in [2.24, 2.45) is 0 Å². The van der Waals surface area contributed by atoms with Gasteiger partial charge in [-0.1, -0.05) is 18.2 Å². The summed E-state index contributed by atoms with van der Waals surface area (Å²) in [6.07, 6.45) is 0. The van der Waals surface area contributed by atoms with Gasteiger partial charge in [0.15, 0.2) is 5.69 Å². The van der Waals surface area contributed by atoms with Crippen LogP contribution in [-0.4, -0.2) is 27.5 Å². The maximum absolute atomic E-state index is 11.3. The molecule has 116 valence electrons. The van der Waals surface area contributed by atoms with Crippen molar-refractivity contribution in [2.45, 2.75) is 6.92 Å². The van der Waals surface area contributed by atoms with Crippen molar-refractivity contribution in [3.63, 3.8) is 0 Å². The van der Waals surface area contributed by atoms with Gasteiger partial charge in [0.1, 0.15) is 5.75 Å². The Kier molecular flexibility index (Phi) is 4.10. The van der Waals surface area contributed by atoms with Crippen molar-refractivity contribution in [3.8, 4) is 22.7 Å². The number of aromatic carboxylic acids is 1. The fraction of sp³-hybridized carbons (Fsp3) is 0.111. The van der Waals surface area contributed by atoms with E-state index < -0.39 is 5.97 Å². The Bertz CT molecular complexity index is 808. The Morgan fingerprint density at radius 2 is 1.83 bits per heavy atom. The highest BCUT2D eigenvalue weighted by Crippen LogP contribution is 2.26. The molecule has 0 atom stereocenters. The summed E-state index contributed by atoms with van der Waals surface area (Å²) in [6, 6.07) is 18.5. The normalized spacial score (nSPS) is 10.5. The first kappa shape index (κ1) is 14.8. The van der Waals surface area contributed by atoms with Gasteiger partial charge in [-0.15, -0.1) is 0 Å². The second-order valence-electron chi connectivity index (χ2n) is 4.92. The molecule has 0 bridgehead atoms. The van der Waals surface area contributed by atoms with Gasteiger partial charge >= 0.3 is 5.97 Å². The molecule has 3 rings (SSSR count). The number of carboxylic acids is 1. The molecule has 0 saturated heterocycles. The van der Waals surface area contributed by atoms with E-state index in [0.717, 1.165) is 22.7 Å². The van der Waals surface area contributed by atoms with E-state index >= 15 is 0 Å². The molecule has 2 aromatic carbocycles. The molecule has 1 heterocycles. The summed E-state index contributed by atoms with van der Waals surface area (Å²) < 4.78 is 7.08. The number of rotatable bonds is 5. The topological polar surface area (TPSA) is 64.3 Å². The highest BCUT2D eigenvalue weighted by molar-refractivity contribution is 5.87. The lowest BCUT2D eigenvalue weighted by molar-refractivity contribution is 0.0690. The SMILES string of the molecule is CCOc1ccc(-c2cc(C(=O)O)nn2-c2ccccc2)cc1. The second-order valence-corrected chi connectivity index (χ2v) is 4.92. The summed E-state index contributed by atoms with van der Waals surface area (Å²) >= 11 is 0. The van der Waals surface area contributed by atoms with Gasteiger partial charge in [-0.05, 0) is 49.4 Å². The van der Waals surface area contributed by atoms with Crippen molar-refractivity contribution in [1.82, 2.24) is 9.78 Å². The summed E-state index contributed by atoms with van der Waals surface area (Å²) in [5.74, 6) is -0.271. The molecule has 0 amide bonds. The predicted molar refractivity (Wildman–Crippen MR) is 87.1 cm³/mol. The van der Waals surface area contributed by atoms with Crippen LogP contribution in [0.5, 0.6) is 5.75 Å². The van der Waals surface area contributed by atoms with E-state index in [2.05, 4.69) is 5.10 Å². The smallest absolute Gasteiger partial charge is 0.356 e. The van der Waals surface area contributed by atoms with Gasteiger partial charge in [0.25, 0.3) is 0 Å². The van der Waals surface area contributed by atoms with E-state index in [-0.39, 0.29) is 5.69 Å². The molecule has 1 N–H and O–H groups in total. The van der Waals surface area contributed by atoms with Crippen molar-refractivity contribution < 1.29 is 14.6 Å². The van der Waals surface area contributed by atoms with Crippen LogP contribution in [0.4, 0.5) is 0 Å². The van der Waals surface area contributed by atoms with Gasteiger partial charge in [-0.25, -0.2) is 9.48 Å². The van der Waals surface area contributed by atoms with Crippen LogP contribution in [0.15, 0.2) is 60.7 Å². The summed E-state index contributed by atoms with van der Waals surface area (Å²) in [5.41, 5.74) is 2.41. The zero-order valence-corrected chi connectivity index (χ0v) is 12.6. The average molecular weight is 308 g/mol. The van der Waals surface area contributed by atoms with Crippen LogP contribution in [-0.2, 0) is 0 Å². The van der Waals surface area contributed by atoms with Crippen LogP contribution in [0.25, 0.3) is 16.9 Å². The number of carbonyl (C=O) groups is 1. The van der Waals surface area contributed by atoms with E-state index in [4.69, 9.17) is 4.74 Å². The minimum absolute atomic E-state index is 0.0118. The quantitative estimate of drug-likeness (QED) is 0.781. The number of ether oxygens (including phenoxy) is 1. The lowest BCUT2D eigenvalue weighted by atomic mass is 10.1. The fourth-order valence-electron chi connectivity index (χ4n) is 2.35. The molecule has 0 unspecified atom stereocenters. The third kappa shape index (κ3) is 3.08. The van der Waals surface area contributed by atoms with E-state index in [1.54, 1.807) is 10.7 Å². The number of nitrogens with zero attached hydrogens (tertiary/aromatic N) is 2. The summed E-state index contributed by atoms with van der Waals surface area (Å²) in [6.45, 7) is 2.53. The monoisotopic (exact) mass is 308 g/mol. The molecule has 0 radical (unpaired) electrons. The van der Waals surface area contributed by atoms with Gasteiger partial charge in [-0.2, -0.15) is 5.10 Å². The highest BCUT2D eigenvalue weighted by atomic mass is 16.5. The first-order valence-corrected chi connectivity index (χ1v) is 7.31. The fourth-order valence-corrected chi connectivity index (χ4v) is 2.35. The summed E-state index contributed by atoms with van der Waals surface area (Å²) in [4.78, 5) is 11.3. The summed E-state index contributed by atoms with van der Waals surface area (Å²) in [7, 11) is 0. The predicted octanol–water partition coefficient (Wildman–Crippen LogP) is 3.64. The third-order valence-corrected chi connectivity index (χ3v) is 3.39. The molecule has 0 aliphatic carbocycles. The minimum atomic E-state index is -1.05. The zero-order chi connectivity index (χ0) is 16.2. The minimum Gasteiger partial charge on any atom is -0.494 e. The second kappa shape index (κ2) is 6.36. The van der Waals surface area contributed by atoms with Crippen LogP contribution < -0.4 is 4.74 Å². The molecule has 0 aliphatic heterocycles. The summed E-state index contributed by atoms with van der Waals surface area (Å²) in [5, 5.41) is 13.4. The maximum atomic E-state index is 11.3. The Morgan fingerprint density at radius 3 is 2.43 bits per heavy atom. The Hall–Kier alpha value is -3.08. The molecular formula is C18H16N2O3. The molecule has 5 nitrogen and oxygen atoms in total. The number of carboxylic acid groups (broad SMARTS) is 1. The van der Waals surface area contributed by atoms with Crippen molar-refractivity contribution in [1.29, 1.82) is 0 Å². The van der Waals surface area contributed by atoms with Crippen LogP contribution in [0, 0.1) is 0 Å². The molecule has 23 heavy (non-hydrogen) atoms.